The largest absolute Gasteiger partial charge is 0.478 e. The number of nitrogens with two attached hydrogens (primary N) is 1. The van der Waals surface area contributed by atoms with Crippen LogP contribution in [0.15, 0.2) is 29.8 Å². The maximum absolute atomic E-state index is 11.1. The molecule has 2 aromatic heterocycles. The van der Waals surface area contributed by atoms with E-state index in [1.54, 1.807) is 11.3 Å². The first kappa shape index (κ1) is 13.4. The van der Waals surface area contributed by atoms with Crippen LogP contribution in [-0.4, -0.2) is 22.6 Å². The van der Waals surface area contributed by atoms with Gasteiger partial charge in [0.15, 0.2) is 5.82 Å². The first-order valence-corrected chi connectivity index (χ1v) is 6.76. The molecule has 0 bridgehead atoms. The molecule has 0 aliphatic carbocycles. The summed E-state index contributed by atoms with van der Waals surface area (Å²) in [5, 5.41) is 11.1. The third-order valence-corrected chi connectivity index (χ3v) is 3.67. The van der Waals surface area contributed by atoms with E-state index in [4.69, 9.17) is 10.8 Å². The molecule has 0 fully saturated rings. The van der Waals surface area contributed by atoms with Gasteiger partial charge in [0.05, 0.1) is 17.8 Å². The fraction of sp³-hybridized carbons (Fsp3) is 0.231. The molecule has 19 heavy (non-hydrogen) atoms. The topological polar surface area (TPSA) is 79.5 Å². The van der Waals surface area contributed by atoms with Gasteiger partial charge in [0, 0.05) is 17.6 Å². The van der Waals surface area contributed by atoms with Crippen LogP contribution in [0.3, 0.4) is 0 Å². The second-order valence-electron chi connectivity index (χ2n) is 3.99. The van der Waals surface area contributed by atoms with Crippen molar-refractivity contribution >= 4 is 28.8 Å². The van der Waals surface area contributed by atoms with Crippen molar-refractivity contribution in [3.8, 4) is 0 Å². The number of nitrogen functional groups attached to an aromatic ring is 1. The minimum absolute atomic E-state index is 0.0922. The van der Waals surface area contributed by atoms with Crippen LogP contribution in [-0.2, 0) is 6.54 Å². The lowest BCUT2D eigenvalue weighted by Crippen LogP contribution is -2.24. The summed E-state index contributed by atoms with van der Waals surface area (Å²) >= 11 is 1.65. The third kappa shape index (κ3) is 2.85. The molecule has 3 N–H and O–H groups in total. The Hall–Kier alpha value is -2.08. The van der Waals surface area contributed by atoms with Crippen molar-refractivity contribution in [1.29, 1.82) is 0 Å². The summed E-state index contributed by atoms with van der Waals surface area (Å²) in [6.45, 7) is 3.37. The molecule has 0 atom stereocenters. The molecule has 2 rings (SSSR count). The van der Waals surface area contributed by atoms with Gasteiger partial charge >= 0.3 is 5.97 Å². The number of carboxylic acids is 1. The van der Waals surface area contributed by atoms with Crippen molar-refractivity contribution in [3.63, 3.8) is 0 Å². The molecule has 0 aliphatic heterocycles. The molecule has 0 saturated carbocycles. The summed E-state index contributed by atoms with van der Waals surface area (Å²) in [6.07, 6.45) is 1.48. The Morgan fingerprint density at radius 3 is 2.89 bits per heavy atom. The van der Waals surface area contributed by atoms with Crippen molar-refractivity contribution < 1.29 is 9.90 Å². The van der Waals surface area contributed by atoms with Gasteiger partial charge in [-0.2, -0.15) is 0 Å². The fourth-order valence-electron chi connectivity index (χ4n) is 1.83. The van der Waals surface area contributed by atoms with Crippen LogP contribution in [0.1, 0.15) is 22.2 Å². The Labute approximate surface area is 115 Å². The molecule has 6 heteroatoms. The lowest BCUT2D eigenvalue weighted by Gasteiger charge is -2.23. The predicted molar refractivity (Wildman–Crippen MR) is 76.7 cm³/mol. The minimum Gasteiger partial charge on any atom is -0.478 e. The van der Waals surface area contributed by atoms with Crippen LogP contribution in [0.25, 0.3) is 0 Å². The summed E-state index contributed by atoms with van der Waals surface area (Å²) < 4.78 is 0. The lowest BCUT2D eigenvalue weighted by atomic mass is 10.2. The van der Waals surface area contributed by atoms with Gasteiger partial charge in [-0.1, -0.05) is 6.07 Å². The van der Waals surface area contributed by atoms with E-state index in [0.717, 1.165) is 0 Å². The zero-order chi connectivity index (χ0) is 13.8. The molecular formula is C13H15N3O2S. The number of carboxylic acid groups (broad SMARTS) is 1. The Balaban J connectivity index is 2.33. The number of carbonyl (C=O) groups is 1. The van der Waals surface area contributed by atoms with Crippen molar-refractivity contribution in [3.05, 3.63) is 40.2 Å². The first-order valence-electron chi connectivity index (χ1n) is 5.88. The first-order chi connectivity index (χ1) is 9.13. The molecule has 2 aromatic rings. The van der Waals surface area contributed by atoms with Crippen molar-refractivity contribution in [2.45, 2.75) is 13.5 Å². The van der Waals surface area contributed by atoms with E-state index in [-0.39, 0.29) is 11.3 Å². The van der Waals surface area contributed by atoms with Gasteiger partial charge in [0.25, 0.3) is 0 Å². The highest BCUT2D eigenvalue weighted by Crippen LogP contribution is 2.26. The monoisotopic (exact) mass is 277 g/mol. The summed E-state index contributed by atoms with van der Waals surface area (Å²) in [6, 6.07) is 5.43. The number of aromatic carboxylic acids is 1. The lowest BCUT2D eigenvalue weighted by molar-refractivity contribution is 0.0698. The standard InChI is InChI=1S/C13H15N3O2S/c1-2-16(8-9-4-3-7-19-9)12-11(14)10(13(17)18)5-6-15-12/h3-7H,2,8,14H2,1H3,(H,17,18). The highest BCUT2D eigenvalue weighted by atomic mass is 32.1. The van der Waals surface area contributed by atoms with Gasteiger partial charge in [0.2, 0.25) is 0 Å². The van der Waals surface area contributed by atoms with Gasteiger partial charge in [-0.15, -0.1) is 11.3 Å². The zero-order valence-electron chi connectivity index (χ0n) is 10.5. The van der Waals surface area contributed by atoms with Crippen LogP contribution in [0.5, 0.6) is 0 Å². The summed E-state index contributed by atoms with van der Waals surface area (Å²) in [5.74, 6) is -0.510. The van der Waals surface area contributed by atoms with Crippen molar-refractivity contribution in [1.82, 2.24) is 4.98 Å². The SMILES string of the molecule is CCN(Cc1cccs1)c1nccc(C(=O)O)c1N. The summed E-state index contributed by atoms with van der Waals surface area (Å²) in [7, 11) is 0. The Kier molecular flexibility index (Phi) is 4.01. The highest BCUT2D eigenvalue weighted by molar-refractivity contribution is 7.09. The van der Waals surface area contributed by atoms with E-state index >= 15 is 0 Å². The normalized spacial score (nSPS) is 10.4. The highest BCUT2D eigenvalue weighted by Gasteiger charge is 2.16. The molecule has 0 amide bonds. The van der Waals surface area contributed by atoms with Crippen LogP contribution in [0, 0.1) is 0 Å². The number of thiophene rings is 1. The quantitative estimate of drug-likeness (QED) is 0.877. The Morgan fingerprint density at radius 1 is 1.53 bits per heavy atom. The number of hydrogen-bond acceptors (Lipinski definition) is 5. The molecule has 0 saturated heterocycles. The average Bonchev–Trinajstić information content (AvgIpc) is 2.89. The molecule has 100 valence electrons. The van der Waals surface area contributed by atoms with Gasteiger partial charge < -0.3 is 15.7 Å². The summed E-state index contributed by atoms with van der Waals surface area (Å²) in [4.78, 5) is 18.4. The molecule has 0 aliphatic rings. The Morgan fingerprint density at radius 2 is 2.32 bits per heavy atom. The van der Waals surface area contributed by atoms with Crippen molar-refractivity contribution in [2.24, 2.45) is 0 Å². The van der Waals surface area contributed by atoms with E-state index in [9.17, 15) is 4.79 Å². The molecule has 5 nitrogen and oxygen atoms in total. The minimum atomic E-state index is -1.03. The number of aromatic nitrogens is 1. The van der Waals surface area contributed by atoms with Crippen LogP contribution < -0.4 is 10.6 Å². The van der Waals surface area contributed by atoms with E-state index in [2.05, 4.69) is 4.98 Å². The molecule has 0 unspecified atom stereocenters. The second-order valence-corrected chi connectivity index (χ2v) is 5.03. The van der Waals surface area contributed by atoms with E-state index < -0.39 is 5.97 Å². The van der Waals surface area contributed by atoms with Gasteiger partial charge in [-0.25, -0.2) is 9.78 Å². The number of rotatable bonds is 5. The number of hydrogen-bond donors (Lipinski definition) is 2. The van der Waals surface area contributed by atoms with Crippen LogP contribution in [0.2, 0.25) is 0 Å². The number of pyridine rings is 1. The predicted octanol–water partition coefficient (Wildman–Crippen LogP) is 2.45. The number of anilines is 2. The average molecular weight is 277 g/mol. The molecule has 2 heterocycles. The molecule has 0 spiro atoms. The zero-order valence-corrected chi connectivity index (χ0v) is 11.4. The Bertz CT molecular complexity index is 569. The second kappa shape index (κ2) is 5.71. The van der Waals surface area contributed by atoms with E-state index in [1.807, 2.05) is 29.3 Å². The molecular weight excluding hydrogens is 262 g/mol. The maximum Gasteiger partial charge on any atom is 0.337 e. The maximum atomic E-state index is 11.1. The van der Waals surface area contributed by atoms with Crippen LogP contribution >= 0.6 is 11.3 Å². The summed E-state index contributed by atoms with van der Waals surface area (Å²) in [5.41, 5.74) is 6.22. The van der Waals surface area contributed by atoms with Gasteiger partial charge in [-0.3, -0.25) is 0 Å². The third-order valence-electron chi connectivity index (χ3n) is 2.81. The van der Waals surface area contributed by atoms with E-state index in [1.165, 1.54) is 17.1 Å². The molecule has 0 radical (unpaired) electrons. The van der Waals surface area contributed by atoms with Gasteiger partial charge in [0.1, 0.15) is 0 Å². The van der Waals surface area contributed by atoms with Gasteiger partial charge in [-0.05, 0) is 24.4 Å². The smallest absolute Gasteiger partial charge is 0.337 e. The van der Waals surface area contributed by atoms with Crippen LogP contribution in [0.4, 0.5) is 11.5 Å². The van der Waals surface area contributed by atoms with Crippen molar-refractivity contribution in [2.75, 3.05) is 17.2 Å². The molecule has 0 aromatic carbocycles. The van der Waals surface area contributed by atoms with E-state index in [0.29, 0.717) is 18.9 Å². The fourth-order valence-corrected chi connectivity index (χ4v) is 2.55. The number of nitrogens with zero attached hydrogens (tertiary/aromatic N) is 2.